The van der Waals surface area contributed by atoms with Crippen molar-refractivity contribution in [2.24, 2.45) is 0 Å². The Kier molecular flexibility index (Phi) is 4.02. The van der Waals surface area contributed by atoms with Gasteiger partial charge in [-0.15, -0.1) is 6.58 Å². The van der Waals surface area contributed by atoms with E-state index in [0.29, 0.717) is 12.3 Å². The lowest BCUT2D eigenvalue weighted by Crippen LogP contribution is -2.23. The molecule has 20 heavy (non-hydrogen) atoms. The van der Waals surface area contributed by atoms with Crippen LogP contribution in [-0.2, 0) is 6.54 Å². The number of nitriles is 1. The van der Waals surface area contributed by atoms with Crippen LogP contribution in [0.1, 0.15) is 5.56 Å². The van der Waals surface area contributed by atoms with Crippen LogP contribution in [0.5, 0.6) is 5.75 Å². The topological polar surface area (TPSA) is 55.0 Å². The van der Waals surface area contributed by atoms with Gasteiger partial charge >= 0.3 is 0 Å². The normalized spacial score (nSPS) is 9.80. The summed E-state index contributed by atoms with van der Waals surface area (Å²) in [5, 5.41) is 8.95. The SMILES string of the molecule is C=CCn1c(-c2cccc(OC)c2)ccc(C#N)c1=O. The van der Waals surface area contributed by atoms with Gasteiger partial charge in [0.15, 0.2) is 0 Å². The number of methoxy groups -OCH3 is 1. The number of ether oxygens (including phenoxy) is 1. The molecule has 0 aliphatic rings. The van der Waals surface area contributed by atoms with Gasteiger partial charge in [-0.3, -0.25) is 4.79 Å². The highest BCUT2D eigenvalue weighted by Crippen LogP contribution is 2.23. The maximum atomic E-state index is 12.2. The van der Waals surface area contributed by atoms with Crippen molar-refractivity contribution in [3.8, 4) is 23.1 Å². The van der Waals surface area contributed by atoms with Crippen molar-refractivity contribution in [1.82, 2.24) is 4.57 Å². The van der Waals surface area contributed by atoms with E-state index in [9.17, 15) is 4.79 Å². The summed E-state index contributed by atoms with van der Waals surface area (Å²) >= 11 is 0. The van der Waals surface area contributed by atoms with E-state index in [1.807, 2.05) is 30.3 Å². The highest BCUT2D eigenvalue weighted by molar-refractivity contribution is 5.62. The van der Waals surface area contributed by atoms with E-state index < -0.39 is 0 Å². The minimum absolute atomic E-state index is 0.124. The van der Waals surface area contributed by atoms with Gasteiger partial charge in [0.1, 0.15) is 17.4 Å². The molecule has 0 fully saturated rings. The van der Waals surface area contributed by atoms with Crippen molar-refractivity contribution in [3.63, 3.8) is 0 Å². The standard InChI is InChI=1S/C16H14N2O2/c1-3-9-18-15(8-7-13(11-17)16(18)19)12-5-4-6-14(10-12)20-2/h3-8,10H,1,9H2,2H3. The molecule has 1 aromatic heterocycles. The number of hydrogen-bond donors (Lipinski definition) is 0. The number of allylic oxidation sites excluding steroid dienone is 1. The third kappa shape index (κ3) is 2.47. The van der Waals surface area contributed by atoms with Crippen molar-refractivity contribution in [2.75, 3.05) is 7.11 Å². The maximum Gasteiger partial charge on any atom is 0.269 e. The Bertz CT molecular complexity index is 739. The minimum Gasteiger partial charge on any atom is -0.497 e. The molecule has 4 nitrogen and oxygen atoms in total. The fourth-order valence-corrected chi connectivity index (χ4v) is 2.01. The summed E-state index contributed by atoms with van der Waals surface area (Å²) in [6.45, 7) is 4.00. The molecule has 0 amide bonds. The summed E-state index contributed by atoms with van der Waals surface area (Å²) in [6, 6.07) is 12.6. The highest BCUT2D eigenvalue weighted by atomic mass is 16.5. The molecule has 4 heteroatoms. The van der Waals surface area contributed by atoms with Crippen molar-refractivity contribution in [3.05, 3.63) is 65.0 Å². The number of benzene rings is 1. The molecule has 1 heterocycles. The van der Waals surface area contributed by atoms with Crippen LogP contribution in [0.3, 0.4) is 0 Å². The highest BCUT2D eigenvalue weighted by Gasteiger charge is 2.09. The third-order valence-electron chi connectivity index (χ3n) is 2.97. The molecule has 0 saturated carbocycles. The first-order valence-corrected chi connectivity index (χ1v) is 6.10. The van der Waals surface area contributed by atoms with Gasteiger partial charge in [0.2, 0.25) is 0 Å². The van der Waals surface area contributed by atoms with Crippen LogP contribution < -0.4 is 10.3 Å². The monoisotopic (exact) mass is 266 g/mol. The van der Waals surface area contributed by atoms with E-state index in [4.69, 9.17) is 10.00 Å². The van der Waals surface area contributed by atoms with Gasteiger partial charge in [0.25, 0.3) is 5.56 Å². The largest absolute Gasteiger partial charge is 0.497 e. The number of rotatable bonds is 4. The second-order valence-corrected chi connectivity index (χ2v) is 4.18. The zero-order chi connectivity index (χ0) is 14.5. The zero-order valence-corrected chi connectivity index (χ0v) is 11.2. The lowest BCUT2D eigenvalue weighted by molar-refractivity contribution is 0.415. The van der Waals surface area contributed by atoms with Crippen molar-refractivity contribution >= 4 is 0 Å². The Labute approximate surface area is 117 Å². The van der Waals surface area contributed by atoms with Crippen LogP contribution in [0.4, 0.5) is 0 Å². The Balaban J connectivity index is 2.67. The second kappa shape index (κ2) is 5.89. The summed E-state index contributed by atoms with van der Waals surface area (Å²) < 4.78 is 6.72. The summed E-state index contributed by atoms with van der Waals surface area (Å²) in [5.74, 6) is 0.712. The van der Waals surface area contributed by atoms with E-state index in [1.54, 1.807) is 19.3 Å². The van der Waals surface area contributed by atoms with Crippen LogP contribution >= 0.6 is 0 Å². The van der Waals surface area contributed by atoms with Gasteiger partial charge in [-0.25, -0.2) is 0 Å². The molecule has 0 aliphatic carbocycles. The van der Waals surface area contributed by atoms with Crippen LogP contribution in [0.25, 0.3) is 11.3 Å². The molecule has 0 atom stereocenters. The molecule has 0 bridgehead atoms. The quantitative estimate of drug-likeness (QED) is 0.799. The van der Waals surface area contributed by atoms with Gasteiger partial charge in [0, 0.05) is 12.1 Å². The van der Waals surface area contributed by atoms with Gasteiger partial charge < -0.3 is 9.30 Å². The molecule has 1 aromatic carbocycles. The molecule has 2 rings (SSSR count). The molecular formula is C16H14N2O2. The molecule has 0 saturated heterocycles. The third-order valence-corrected chi connectivity index (χ3v) is 2.97. The maximum absolute atomic E-state index is 12.2. The molecule has 0 aliphatic heterocycles. The van der Waals surface area contributed by atoms with Crippen molar-refractivity contribution in [1.29, 1.82) is 5.26 Å². The molecule has 0 unspecified atom stereocenters. The molecule has 2 aromatic rings. The molecule has 100 valence electrons. The number of pyridine rings is 1. The number of aromatic nitrogens is 1. The summed E-state index contributed by atoms with van der Waals surface area (Å²) in [5.41, 5.74) is 1.40. The van der Waals surface area contributed by atoms with Gasteiger partial charge in [-0.05, 0) is 24.3 Å². The summed E-state index contributed by atoms with van der Waals surface area (Å²) in [4.78, 5) is 12.2. The molecule has 0 N–H and O–H groups in total. The Morgan fingerprint density at radius 1 is 1.40 bits per heavy atom. The predicted octanol–water partition coefficient (Wildman–Crippen LogP) is 2.58. The van der Waals surface area contributed by atoms with E-state index in [0.717, 1.165) is 11.3 Å². The first-order chi connectivity index (χ1) is 9.71. The van der Waals surface area contributed by atoms with Gasteiger partial charge in [-0.2, -0.15) is 5.26 Å². The van der Waals surface area contributed by atoms with Crippen molar-refractivity contribution in [2.45, 2.75) is 6.54 Å². The predicted molar refractivity (Wildman–Crippen MR) is 77.6 cm³/mol. The Morgan fingerprint density at radius 2 is 2.20 bits per heavy atom. The Hall–Kier alpha value is -2.80. The van der Waals surface area contributed by atoms with E-state index in [2.05, 4.69) is 6.58 Å². The van der Waals surface area contributed by atoms with Crippen LogP contribution in [0.2, 0.25) is 0 Å². The fraction of sp³-hybridized carbons (Fsp3) is 0.125. The first-order valence-electron chi connectivity index (χ1n) is 6.10. The summed E-state index contributed by atoms with van der Waals surface area (Å²) in [7, 11) is 1.59. The van der Waals surface area contributed by atoms with Crippen LogP contribution in [0, 0.1) is 11.3 Å². The van der Waals surface area contributed by atoms with Crippen LogP contribution in [0.15, 0.2) is 53.8 Å². The van der Waals surface area contributed by atoms with E-state index in [1.165, 1.54) is 10.6 Å². The lowest BCUT2D eigenvalue weighted by atomic mass is 10.1. The average molecular weight is 266 g/mol. The van der Waals surface area contributed by atoms with Gasteiger partial charge in [0.05, 0.1) is 12.8 Å². The minimum atomic E-state index is -0.312. The smallest absolute Gasteiger partial charge is 0.269 e. The second-order valence-electron chi connectivity index (χ2n) is 4.18. The van der Waals surface area contributed by atoms with Gasteiger partial charge in [-0.1, -0.05) is 18.2 Å². The molecule has 0 radical (unpaired) electrons. The lowest BCUT2D eigenvalue weighted by Gasteiger charge is -2.12. The molecule has 0 spiro atoms. The van der Waals surface area contributed by atoms with Crippen LogP contribution in [-0.4, -0.2) is 11.7 Å². The first kappa shape index (κ1) is 13.6. The number of nitrogens with zero attached hydrogens (tertiary/aromatic N) is 2. The Morgan fingerprint density at radius 3 is 2.85 bits per heavy atom. The number of hydrogen-bond acceptors (Lipinski definition) is 3. The average Bonchev–Trinajstić information content (AvgIpc) is 2.49. The summed E-state index contributed by atoms with van der Waals surface area (Å²) in [6.07, 6.45) is 1.63. The fourth-order valence-electron chi connectivity index (χ4n) is 2.01. The molecular weight excluding hydrogens is 252 g/mol. The van der Waals surface area contributed by atoms with E-state index >= 15 is 0 Å². The van der Waals surface area contributed by atoms with Crippen molar-refractivity contribution < 1.29 is 4.74 Å². The van der Waals surface area contributed by atoms with E-state index in [-0.39, 0.29) is 11.1 Å². The zero-order valence-electron chi connectivity index (χ0n) is 11.2.